The van der Waals surface area contributed by atoms with E-state index in [4.69, 9.17) is 23.1 Å². The first-order valence-electron chi connectivity index (χ1n) is 10.9. The van der Waals surface area contributed by atoms with Gasteiger partial charge in [-0.05, 0) is 54.2 Å². The predicted molar refractivity (Wildman–Crippen MR) is 133 cm³/mol. The van der Waals surface area contributed by atoms with Crippen LogP contribution in [0.15, 0.2) is 54.6 Å². The summed E-state index contributed by atoms with van der Waals surface area (Å²) < 4.78 is 3.96. The van der Waals surface area contributed by atoms with Crippen LogP contribution in [0.1, 0.15) is 57.4 Å². The van der Waals surface area contributed by atoms with Crippen molar-refractivity contribution >= 4 is 52.2 Å². The van der Waals surface area contributed by atoms with Crippen molar-refractivity contribution in [2.75, 3.05) is 10.6 Å². The number of benzene rings is 2. The van der Waals surface area contributed by atoms with Gasteiger partial charge in [-0.25, -0.2) is 0 Å². The number of nitrogens with two attached hydrogens (primary N) is 2. The lowest BCUT2D eigenvalue weighted by Crippen LogP contribution is -2.46. The molecule has 4 rings (SSSR count). The molecule has 1 saturated carbocycles. The van der Waals surface area contributed by atoms with Gasteiger partial charge in [0.25, 0.3) is 11.8 Å². The summed E-state index contributed by atoms with van der Waals surface area (Å²) in [5, 5.41) is 3.61. The van der Waals surface area contributed by atoms with E-state index in [2.05, 4.69) is 9.69 Å². The number of nitrogens with one attached hydrogen (secondary N) is 1. The van der Waals surface area contributed by atoms with Gasteiger partial charge in [0.2, 0.25) is 5.91 Å². The van der Waals surface area contributed by atoms with Crippen LogP contribution in [0.25, 0.3) is 0 Å². The second-order valence-corrected chi connectivity index (χ2v) is 9.30. The minimum Gasteiger partial charge on any atom is -0.395 e. The molecular weight excluding hydrogens is 474 g/mol. The zero-order valence-corrected chi connectivity index (χ0v) is 19.8. The minimum absolute atomic E-state index is 0.0327. The number of aromatic nitrogens is 1. The zero-order valence-electron chi connectivity index (χ0n) is 18.2. The molecule has 8 nitrogen and oxygen atoms in total. The molecule has 1 atom stereocenters. The highest BCUT2D eigenvalue weighted by atomic mass is 35.5. The van der Waals surface area contributed by atoms with Gasteiger partial charge in [0, 0.05) is 16.8 Å². The first-order valence-corrected chi connectivity index (χ1v) is 12.0. The molecule has 0 aliphatic heterocycles. The maximum Gasteiger partial charge on any atom is 0.273 e. The Morgan fingerprint density at radius 3 is 2.29 bits per heavy atom. The van der Waals surface area contributed by atoms with E-state index in [9.17, 15) is 14.4 Å². The maximum absolute atomic E-state index is 13.9. The number of carbonyl (C=O) groups is 3. The number of nitrogen functional groups attached to an aromatic ring is 1. The van der Waals surface area contributed by atoms with Crippen LogP contribution in [0.3, 0.4) is 0 Å². The standard InChI is InChI=1S/C24H24ClN5O3S/c25-15-12-10-14(11-13-15)20(23(32)28-16-6-4-5-7-16)30(17-8-2-1-3-9-17)24(33)21-18(26)19(22(27)31)29-34-21/h1-3,8-13,16,20H,4-7,26H2,(H2,27,31)(H,28,32)/t20-/m1/s1. The highest BCUT2D eigenvalue weighted by Crippen LogP contribution is 2.34. The number of primary amides is 1. The summed E-state index contributed by atoms with van der Waals surface area (Å²) in [4.78, 5) is 40.6. The molecule has 0 saturated heterocycles. The third kappa shape index (κ3) is 4.90. The molecule has 0 spiro atoms. The van der Waals surface area contributed by atoms with E-state index in [0.717, 1.165) is 37.2 Å². The van der Waals surface area contributed by atoms with Gasteiger partial charge < -0.3 is 16.8 Å². The van der Waals surface area contributed by atoms with Crippen molar-refractivity contribution in [1.29, 1.82) is 0 Å². The first-order chi connectivity index (χ1) is 16.4. The van der Waals surface area contributed by atoms with Gasteiger partial charge >= 0.3 is 0 Å². The quantitative estimate of drug-likeness (QED) is 0.455. The van der Waals surface area contributed by atoms with Gasteiger partial charge in [0.05, 0.1) is 5.69 Å². The molecule has 0 bridgehead atoms. The summed E-state index contributed by atoms with van der Waals surface area (Å²) in [5.74, 6) is -1.70. The highest BCUT2D eigenvalue weighted by molar-refractivity contribution is 7.09. The number of nitrogens with zero attached hydrogens (tertiary/aromatic N) is 2. The number of anilines is 2. The molecule has 2 aromatic carbocycles. The Morgan fingerprint density at radius 1 is 1.06 bits per heavy atom. The van der Waals surface area contributed by atoms with Crippen LogP contribution in [0.5, 0.6) is 0 Å². The van der Waals surface area contributed by atoms with Gasteiger partial charge in [0.1, 0.15) is 10.9 Å². The smallest absolute Gasteiger partial charge is 0.273 e. The Bertz CT molecular complexity index is 1190. The van der Waals surface area contributed by atoms with Crippen molar-refractivity contribution in [3.63, 3.8) is 0 Å². The van der Waals surface area contributed by atoms with Crippen LogP contribution >= 0.6 is 23.1 Å². The molecule has 1 aromatic heterocycles. The van der Waals surface area contributed by atoms with Gasteiger partial charge in [-0.2, -0.15) is 4.37 Å². The molecule has 0 radical (unpaired) electrons. The van der Waals surface area contributed by atoms with Crippen molar-refractivity contribution in [2.45, 2.75) is 37.8 Å². The van der Waals surface area contributed by atoms with E-state index < -0.39 is 17.9 Å². The van der Waals surface area contributed by atoms with Gasteiger partial charge in [-0.15, -0.1) is 0 Å². The Balaban J connectivity index is 1.82. The summed E-state index contributed by atoms with van der Waals surface area (Å²) in [5.41, 5.74) is 12.2. The van der Waals surface area contributed by atoms with E-state index in [1.165, 1.54) is 4.90 Å². The monoisotopic (exact) mass is 497 g/mol. The molecule has 1 fully saturated rings. The van der Waals surface area contributed by atoms with E-state index >= 15 is 0 Å². The topological polar surface area (TPSA) is 131 Å². The Hall–Kier alpha value is -3.43. The molecule has 1 aliphatic carbocycles. The fourth-order valence-electron chi connectivity index (χ4n) is 4.12. The van der Waals surface area contributed by atoms with Crippen LogP contribution in [0.2, 0.25) is 5.02 Å². The number of amides is 3. The Kier molecular flexibility index (Phi) is 7.14. The lowest BCUT2D eigenvalue weighted by atomic mass is 10.0. The van der Waals surface area contributed by atoms with Crippen molar-refractivity contribution in [3.05, 3.63) is 75.8 Å². The molecular formula is C24H24ClN5O3S. The zero-order chi connectivity index (χ0) is 24.2. The largest absolute Gasteiger partial charge is 0.395 e. The average Bonchev–Trinajstić information content (AvgIpc) is 3.48. The van der Waals surface area contributed by atoms with E-state index in [0.29, 0.717) is 16.3 Å². The number of para-hydroxylation sites is 1. The molecule has 34 heavy (non-hydrogen) atoms. The van der Waals surface area contributed by atoms with Gasteiger partial charge in [-0.1, -0.05) is 54.8 Å². The third-order valence-corrected chi connectivity index (χ3v) is 6.91. The fraction of sp³-hybridized carbons (Fsp3) is 0.250. The summed E-state index contributed by atoms with van der Waals surface area (Å²) in [6.45, 7) is 0. The van der Waals surface area contributed by atoms with Crippen molar-refractivity contribution < 1.29 is 14.4 Å². The lowest BCUT2D eigenvalue weighted by Gasteiger charge is -2.32. The molecule has 10 heteroatoms. The van der Waals surface area contributed by atoms with E-state index in [1.54, 1.807) is 48.5 Å². The second kappa shape index (κ2) is 10.2. The molecule has 5 N–H and O–H groups in total. The molecule has 3 amide bonds. The number of rotatable bonds is 7. The van der Waals surface area contributed by atoms with Crippen molar-refractivity contribution in [1.82, 2.24) is 9.69 Å². The number of carbonyl (C=O) groups excluding carboxylic acids is 3. The Labute approximate surface area is 206 Å². The van der Waals surface area contributed by atoms with E-state index in [1.807, 2.05) is 6.07 Å². The molecule has 1 heterocycles. The number of hydrogen-bond acceptors (Lipinski definition) is 6. The van der Waals surface area contributed by atoms with Crippen molar-refractivity contribution in [2.24, 2.45) is 5.73 Å². The third-order valence-electron chi connectivity index (χ3n) is 5.80. The highest BCUT2D eigenvalue weighted by Gasteiger charge is 2.36. The van der Waals surface area contributed by atoms with E-state index in [-0.39, 0.29) is 28.2 Å². The van der Waals surface area contributed by atoms with Crippen LogP contribution < -0.4 is 21.7 Å². The maximum atomic E-state index is 13.9. The Morgan fingerprint density at radius 2 is 1.71 bits per heavy atom. The lowest BCUT2D eigenvalue weighted by molar-refractivity contribution is -0.123. The minimum atomic E-state index is -1.01. The van der Waals surface area contributed by atoms with Crippen LogP contribution in [-0.2, 0) is 4.79 Å². The molecule has 0 unspecified atom stereocenters. The first kappa shape index (κ1) is 23.7. The predicted octanol–water partition coefficient (Wildman–Crippen LogP) is 3.92. The van der Waals surface area contributed by atoms with Crippen molar-refractivity contribution in [3.8, 4) is 0 Å². The van der Waals surface area contributed by atoms with Crippen LogP contribution in [-0.4, -0.2) is 28.1 Å². The van der Waals surface area contributed by atoms with Gasteiger partial charge in [0.15, 0.2) is 5.69 Å². The normalized spacial score (nSPS) is 14.5. The summed E-state index contributed by atoms with van der Waals surface area (Å²) >= 11 is 6.87. The molecule has 1 aliphatic rings. The van der Waals surface area contributed by atoms with Gasteiger partial charge in [-0.3, -0.25) is 19.3 Å². The second-order valence-electron chi connectivity index (χ2n) is 8.09. The summed E-state index contributed by atoms with van der Waals surface area (Å²) in [6, 6.07) is 14.6. The fourth-order valence-corrected chi connectivity index (χ4v) is 4.99. The number of halogens is 1. The van der Waals surface area contributed by atoms with Crippen LogP contribution in [0.4, 0.5) is 11.4 Å². The molecule has 176 valence electrons. The summed E-state index contributed by atoms with van der Waals surface area (Å²) in [6.07, 6.45) is 3.88. The molecule has 3 aromatic rings. The average molecular weight is 498 g/mol. The summed E-state index contributed by atoms with van der Waals surface area (Å²) in [7, 11) is 0. The van der Waals surface area contributed by atoms with Crippen LogP contribution in [0, 0.1) is 0 Å². The number of hydrogen-bond donors (Lipinski definition) is 3. The SMILES string of the molecule is NC(=O)c1nsc(C(=O)N(c2ccccc2)[C@@H](C(=O)NC2CCCC2)c2ccc(Cl)cc2)c1N.